The van der Waals surface area contributed by atoms with Gasteiger partial charge in [0, 0.05) is 39.6 Å². The van der Waals surface area contributed by atoms with Gasteiger partial charge in [0.05, 0.1) is 17.1 Å². The molecule has 1 fully saturated rings. The molecular weight excluding hydrogens is 360 g/mol. The summed E-state index contributed by atoms with van der Waals surface area (Å²) in [6, 6.07) is 0. The average molecular weight is 391 g/mol. The van der Waals surface area contributed by atoms with Gasteiger partial charge in [0.2, 0.25) is 5.95 Å². The molecule has 1 aromatic heterocycles. The van der Waals surface area contributed by atoms with Crippen molar-refractivity contribution in [1.82, 2.24) is 14.3 Å². The Labute approximate surface area is 156 Å². The molecule has 0 amide bonds. The topological polar surface area (TPSA) is 149 Å². The summed E-state index contributed by atoms with van der Waals surface area (Å²) in [5.74, 6) is 0.845. The van der Waals surface area contributed by atoms with Gasteiger partial charge in [0.1, 0.15) is 11.8 Å². The summed E-state index contributed by atoms with van der Waals surface area (Å²) in [6.45, 7) is 5.56. The standard InChI is InChI=1S/C13H24N6O4S.C2H6/c1-22-8(9(23-2)7-19-4-3-5-24(19)21)6-16-11-10(14)12(20)18-13(15)17-11;1-2/h8-9H,3-7,14H2,1-2H3,(H4,15,16,17,18,20);1-2H3/t8-,9?,24?;/m0./s1. The molecule has 0 radical (unpaired) electrons. The van der Waals surface area contributed by atoms with Crippen molar-refractivity contribution >= 4 is 28.4 Å². The summed E-state index contributed by atoms with van der Waals surface area (Å²) < 4.78 is 24.7. The average Bonchev–Trinajstić information content (AvgIpc) is 3.04. The number of H-pyrrole nitrogens is 1. The normalized spacial score (nSPS) is 19.5. The van der Waals surface area contributed by atoms with E-state index in [-0.39, 0.29) is 29.7 Å². The van der Waals surface area contributed by atoms with Crippen LogP contribution in [0.4, 0.5) is 17.5 Å². The molecule has 6 N–H and O–H groups in total. The van der Waals surface area contributed by atoms with Crippen molar-refractivity contribution in [1.29, 1.82) is 0 Å². The van der Waals surface area contributed by atoms with Crippen LogP contribution >= 0.6 is 0 Å². The van der Waals surface area contributed by atoms with Crippen molar-refractivity contribution in [2.45, 2.75) is 32.5 Å². The zero-order chi connectivity index (χ0) is 19.7. The van der Waals surface area contributed by atoms with Gasteiger partial charge >= 0.3 is 0 Å². The Morgan fingerprint density at radius 3 is 2.50 bits per heavy atom. The number of aromatic amines is 1. The molecule has 2 heterocycles. The SMILES string of the molecule is CC.COC(CN1CCCS1=O)[C@H](CNc1nc(N)[nH]c(=O)c1N)OC. The summed E-state index contributed by atoms with van der Waals surface area (Å²) in [5, 5.41) is 2.96. The third-order valence-electron chi connectivity index (χ3n) is 3.86. The Morgan fingerprint density at radius 1 is 1.31 bits per heavy atom. The lowest BCUT2D eigenvalue weighted by Crippen LogP contribution is -2.44. The number of nitrogens with zero attached hydrogens (tertiary/aromatic N) is 2. The zero-order valence-electron chi connectivity index (χ0n) is 15.8. The Balaban J connectivity index is 0.00000163. The van der Waals surface area contributed by atoms with E-state index in [9.17, 15) is 9.00 Å². The number of hydrogen-bond donors (Lipinski definition) is 4. The van der Waals surface area contributed by atoms with Crippen LogP contribution in [0.15, 0.2) is 4.79 Å². The summed E-state index contributed by atoms with van der Waals surface area (Å²) in [4.78, 5) is 17.9. The predicted molar refractivity (Wildman–Crippen MR) is 104 cm³/mol. The molecule has 1 saturated heterocycles. The van der Waals surface area contributed by atoms with Gasteiger partial charge in [-0.05, 0) is 6.42 Å². The molecule has 2 rings (SSSR count). The molecule has 0 saturated carbocycles. The Bertz CT molecular complexity index is 641. The third kappa shape index (κ3) is 5.94. The van der Waals surface area contributed by atoms with Crippen molar-refractivity contribution in [2.24, 2.45) is 0 Å². The highest BCUT2D eigenvalue weighted by Crippen LogP contribution is 2.15. The van der Waals surface area contributed by atoms with Crippen LogP contribution in [-0.2, 0) is 20.5 Å². The first kappa shape index (κ1) is 22.4. The molecule has 26 heavy (non-hydrogen) atoms. The highest BCUT2D eigenvalue weighted by molar-refractivity contribution is 7.82. The molecule has 3 atom stereocenters. The van der Waals surface area contributed by atoms with Crippen molar-refractivity contribution in [3.63, 3.8) is 0 Å². The van der Waals surface area contributed by atoms with Crippen LogP contribution in [0.25, 0.3) is 0 Å². The van der Waals surface area contributed by atoms with Crippen molar-refractivity contribution in [2.75, 3.05) is 56.4 Å². The molecule has 1 aliphatic rings. The van der Waals surface area contributed by atoms with Gasteiger partial charge in [-0.3, -0.25) is 9.78 Å². The zero-order valence-corrected chi connectivity index (χ0v) is 16.6. The molecule has 0 bridgehead atoms. The molecular formula is C15H30N6O4S. The highest BCUT2D eigenvalue weighted by Gasteiger charge is 2.28. The Hall–Kier alpha value is -1.69. The number of ether oxygens (including phenoxy) is 2. The minimum absolute atomic E-state index is 0.0265. The molecule has 1 aromatic rings. The molecule has 0 aromatic carbocycles. The fourth-order valence-electron chi connectivity index (χ4n) is 2.51. The number of nitrogens with one attached hydrogen (secondary N) is 2. The lowest BCUT2D eigenvalue weighted by atomic mass is 10.2. The summed E-state index contributed by atoms with van der Waals surface area (Å²) >= 11 is 0. The smallest absolute Gasteiger partial charge is 0.277 e. The van der Waals surface area contributed by atoms with Gasteiger partial charge in [-0.15, -0.1) is 0 Å². The fraction of sp³-hybridized carbons (Fsp3) is 0.733. The van der Waals surface area contributed by atoms with E-state index in [1.165, 1.54) is 0 Å². The van der Waals surface area contributed by atoms with Crippen LogP contribution in [-0.4, -0.2) is 70.3 Å². The van der Waals surface area contributed by atoms with Crippen LogP contribution in [0.3, 0.4) is 0 Å². The quantitative estimate of drug-likeness (QED) is 0.476. The fourth-order valence-corrected chi connectivity index (χ4v) is 3.79. The van der Waals surface area contributed by atoms with Gasteiger partial charge in [-0.1, -0.05) is 13.8 Å². The van der Waals surface area contributed by atoms with Crippen LogP contribution in [0.5, 0.6) is 0 Å². The van der Waals surface area contributed by atoms with Gasteiger partial charge in [0.15, 0.2) is 5.82 Å². The van der Waals surface area contributed by atoms with E-state index < -0.39 is 16.5 Å². The lowest BCUT2D eigenvalue weighted by molar-refractivity contribution is -0.0346. The number of hydrogen-bond acceptors (Lipinski definition) is 8. The number of nitrogens with two attached hydrogens (primary N) is 2. The Morgan fingerprint density at radius 2 is 1.96 bits per heavy atom. The second-order valence-corrected chi connectivity index (χ2v) is 6.98. The van der Waals surface area contributed by atoms with Crippen LogP contribution in [0.1, 0.15) is 20.3 Å². The third-order valence-corrected chi connectivity index (χ3v) is 5.41. The number of aromatic nitrogens is 2. The molecule has 10 nitrogen and oxygen atoms in total. The maximum absolute atomic E-state index is 11.9. The van der Waals surface area contributed by atoms with E-state index in [2.05, 4.69) is 15.3 Å². The number of methoxy groups -OCH3 is 2. The van der Waals surface area contributed by atoms with E-state index in [1.807, 2.05) is 18.2 Å². The molecule has 11 heteroatoms. The number of nitrogen functional groups attached to an aromatic ring is 2. The first-order valence-electron chi connectivity index (χ1n) is 8.54. The van der Waals surface area contributed by atoms with E-state index in [4.69, 9.17) is 20.9 Å². The van der Waals surface area contributed by atoms with Crippen LogP contribution in [0.2, 0.25) is 0 Å². The van der Waals surface area contributed by atoms with Crippen molar-refractivity contribution in [3.05, 3.63) is 10.4 Å². The monoisotopic (exact) mass is 390 g/mol. The first-order valence-corrected chi connectivity index (χ1v) is 9.82. The summed E-state index contributed by atoms with van der Waals surface area (Å²) in [5.41, 5.74) is 10.7. The van der Waals surface area contributed by atoms with Gasteiger partial charge in [-0.2, -0.15) is 4.98 Å². The van der Waals surface area contributed by atoms with E-state index in [0.29, 0.717) is 18.8 Å². The first-order chi connectivity index (χ1) is 12.5. The second kappa shape index (κ2) is 11.1. The summed E-state index contributed by atoms with van der Waals surface area (Å²) in [7, 11) is 2.17. The van der Waals surface area contributed by atoms with Crippen LogP contribution < -0.4 is 22.3 Å². The molecule has 0 aliphatic carbocycles. The number of anilines is 3. The Kier molecular flexibility index (Phi) is 9.55. The van der Waals surface area contributed by atoms with Crippen molar-refractivity contribution < 1.29 is 13.7 Å². The minimum atomic E-state index is -0.968. The second-order valence-electron chi connectivity index (χ2n) is 5.41. The minimum Gasteiger partial charge on any atom is -0.391 e. The predicted octanol–water partition coefficient (Wildman–Crippen LogP) is -0.228. The molecule has 0 spiro atoms. The van der Waals surface area contributed by atoms with E-state index >= 15 is 0 Å². The molecule has 1 aliphatic heterocycles. The molecule has 2 unspecified atom stereocenters. The van der Waals surface area contributed by atoms with Gasteiger partial charge < -0.3 is 26.3 Å². The maximum atomic E-state index is 11.9. The van der Waals surface area contributed by atoms with E-state index in [0.717, 1.165) is 13.0 Å². The largest absolute Gasteiger partial charge is 0.391 e. The van der Waals surface area contributed by atoms with Crippen LogP contribution in [0, 0.1) is 0 Å². The van der Waals surface area contributed by atoms with E-state index in [1.54, 1.807) is 14.2 Å². The lowest BCUT2D eigenvalue weighted by Gasteiger charge is -2.28. The highest BCUT2D eigenvalue weighted by atomic mass is 32.2. The van der Waals surface area contributed by atoms with Crippen molar-refractivity contribution in [3.8, 4) is 0 Å². The summed E-state index contributed by atoms with van der Waals surface area (Å²) in [6.07, 6.45) is 0.255. The van der Waals surface area contributed by atoms with Gasteiger partial charge in [-0.25, -0.2) is 8.51 Å². The van der Waals surface area contributed by atoms with Gasteiger partial charge in [0.25, 0.3) is 5.56 Å². The number of rotatable bonds is 8. The maximum Gasteiger partial charge on any atom is 0.277 e. The molecule has 150 valence electrons.